The first-order valence-electron chi connectivity index (χ1n) is 6.02. The first-order chi connectivity index (χ1) is 9.15. The molecule has 0 aliphatic heterocycles. The van der Waals surface area contributed by atoms with Crippen molar-refractivity contribution in [1.29, 1.82) is 0 Å². The van der Waals surface area contributed by atoms with Gasteiger partial charge in [0.15, 0.2) is 0 Å². The Bertz CT molecular complexity index is 572. The molecule has 0 saturated heterocycles. The van der Waals surface area contributed by atoms with Crippen LogP contribution in [-0.4, -0.2) is 7.11 Å². The Morgan fingerprint density at radius 3 is 2.63 bits per heavy atom. The highest BCUT2D eigenvalue weighted by Crippen LogP contribution is 2.31. The van der Waals surface area contributed by atoms with Gasteiger partial charge in [-0.25, -0.2) is 5.43 Å². The number of benzene rings is 2. The fraction of sp³-hybridized carbons (Fsp3) is 0.200. The van der Waals surface area contributed by atoms with E-state index in [9.17, 15) is 0 Å². The highest BCUT2D eigenvalue weighted by molar-refractivity contribution is 6.30. The van der Waals surface area contributed by atoms with Gasteiger partial charge in [0.1, 0.15) is 5.75 Å². The van der Waals surface area contributed by atoms with Crippen LogP contribution in [0.25, 0.3) is 0 Å². The summed E-state index contributed by atoms with van der Waals surface area (Å²) in [6.45, 7) is 2.04. The average Bonchev–Trinajstić information content (AvgIpc) is 2.40. The highest BCUT2D eigenvalue weighted by Gasteiger charge is 2.17. The number of hydrogen-bond donors (Lipinski definition) is 2. The Kier molecular flexibility index (Phi) is 4.43. The van der Waals surface area contributed by atoms with Gasteiger partial charge < -0.3 is 4.74 Å². The molecule has 2 aromatic carbocycles. The number of hydrogen-bond acceptors (Lipinski definition) is 3. The van der Waals surface area contributed by atoms with Crippen molar-refractivity contribution in [3.05, 3.63) is 64.2 Å². The van der Waals surface area contributed by atoms with Crippen LogP contribution in [0.4, 0.5) is 0 Å². The maximum Gasteiger partial charge on any atom is 0.124 e. The zero-order chi connectivity index (χ0) is 13.8. The standard InChI is InChI=1S/C15H17ClN2O/c1-10-6-7-14(19-2)13(8-10)15(18-17)11-4-3-5-12(16)9-11/h3-9,15,18H,17H2,1-2H3. The minimum absolute atomic E-state index is 0.159. The zero-order valence-electron chi connectivity index (χ0n) is 11.0. The van der Waals surface area contributed by atoms with Crippen LogP contribution in [0.15, 0.2) is 42.5 Å². The van der Waals surface area contributed by atoms with Crippen LogP contribution >= 0.6 is 11.6 Å². The molecule has 0 amide bonds. The topological polar surface area (TPSA) is 47.3 Å². The second-order valence-corrected chi connectivity index (χ2v) is 4.84. The first kappa shape index (κ1) is 13.9. The van der Waals surface area contributed by atoms with Crippen LogP contribution in [0.1, 0.15) is 22.7 Å². The van der Waals surface area contributed by atoms with Crippen molar-refractivity contribution in [2.75, 3.05) is 7.11 Å². The van der Waals surface area contributed by atoms with Gasteiger partial charge in [-0.1, -0.05) is 41.4 Å². The largest absolute Gasteiger partial charge is 0.496 e. The van der Waals surface area contributed by atoms with Gasteiger partial charge in [-0.05, 0) is 30.7 Å². The van der Waals surface area contributed by atoms with E-state index in [4.69, 9.17) is 22.2 Å². The second kappa shape index (κ2) is 6.06. The fourth-order valence-electron chi connectivity index (χ4n) is 2.13. The predicted octanol–water partition coefficient (Wildman–Crippen LogP) is 3.21. The maximum atomic E-state index is 6.04. The van der Waals surface area contributed by atoms with Crippen LogP contribution in [0.2, 0.25) is 5.02 Å². The molecule has 0 aliphatic carbocycles. The molecule has 19 heavy (non-hydrogen) atoms. The van der Waals surface area contributed by atoms with E-state index in [1.165, 1.54) is 0 Å². The molecule has 0 radical (unpaired) electrons. The number of nitrogens with one attached hydrogen (secondary N) is 1. The second-order valence-electron chi connectivity index (χ2n) is 4.40. The molecule has 3 nitrogen and oxygen atoms in total. The Morgan fingerprint density at radius 2 is 2.00 bits per heavy atom. The summed E-state index contributed by atoms with van der Waals surface area (Å²) < 4.78 is 5.41. The molecule has 0 spiro atoms. The van der Waals surface area contributed by atoms with Gasteiger partial charge in [0, 0.05) is 10.6 Å². The van der Waals surface area contributed by atoms with Crippen LogP contribution in [-0.2, 0) is 0 Å². The third-order valence-corrected chi connectivity index (χ3v) is 3.28. The number of rotatable bonds is 4. The molecule has 100 valence electrons. The number of halogens is 1. The van der Waals surface area contributed by atoms with Crippen molar-refractivity contribution in [2.45, 2.75) is 13.0 Å². The van der Waals surface area contributed by atoms with Gasteiger partial charge in [-0.3, -0.25) is 5.84 Å². The molecule has 4 heteroatoms. The van der Waals surface area contributed by atoms with Gasteiger partial charge in [-0.2, -0.15) is 0 Å². The van der Waals surface area contributed by atoms with Gasteiger partial charge in [0.25, 0.3) is 0 Å². The minimum Gasteiger partial charge on any atom is -0.496 e. The van der Waals surface area contributed by atoms with Crippen molar-refractivity contribution in [3.8, 4) is 5.75 Å². The monoisotopic (exact) mass is 276 g/mol. The molecule has 3 N–H and O–H groups in total. The predicted molar refractivity (Wildman–Crippen MR) is 78.3 cm³/mol. The molecule has 2 aromatic rings. The summed E-state index contributed by atoms with van der Waals surface area (Å²) in [7, 11) is 1.65. The molecule has 0 saturated carbocycles. The van der Waals surface area contributed by atoms with Crippen molar-refractivity contribution in [2.24, 2.45) is 5.84 Å². The van der Waals surface area contributed by atoms with E-state index >= 15 is 0 Å². The fourth-order valence-corrected chi connectivity index (χ4v) is 2.33. The lowest BCUT2D eigenvalue weighted by Gasteiger charge is -2.20. The molecule has 0 bridgehead atoms. The molecule has 1 atom stereocenters. The molecule has 0 heterocycles. The van der Waals surface area contributed by atoms with Crippen LogP contribution in [0, 0.1) is 6.92 Å². The summed E-state index contributed by atoms with van der Waals surface area (Å²) in [4.78, 5) is 0. The van der Waals surface area contributed by atoms with Crippen molar-refractivity contribution in [3.63, 3.8) is 0 Å². The van der Waals surface area contributed by atoms with E-state index in [0.29, 0.717) is 5.02 Å². The highest BCUT2D eigenvalue weighted by atomic mass is 35.5. The lowest BCUT2D eigenvalue weighted by Crippen LogP contribution is -2.29. The van der Waals surface area contributed by atoms with E-state index in [1.807, 2.05) is 43.3 Å². The smallest absolute Gasteiger partial charge is 0.124 e. The Balaban J connectivity index is 2.50. The van der Waals surface area contributed by atoms with Gasteiger partial charge in [-0.15, -0.1) is 0 Å². The summed E-state index contributed by atoms with van der Waals surface area (Å²) in [5, 5.41) is 0.685. The van der Waals surface area contributed by atoms with Crippen LogP contribution in [0.3, 0.4) is 0 Å². The number of aryl methyl sites for hydroxylation is 1. The number of nitrogens with two attached hydrogens (primary N) is 1. The first-order valence-corrected chi connectivity index (χ1v) is 6.39. The number of methoxy groups -OCH3 is 1. The molecule has 0 aromatic heterocycles. The third-order valence-electron chi connectivity index (χ3n) is 3.04. The number of hydrazine groups is 1. The van der Waals surface area contributed by atoms with E-state index in [2.05, 4.69) is 11.5 Å². The number of ether oxygens (including phenoxy) is 1. The molecular weight excluding hydrogens is 260 g/mol. The quantitative estimate of drug-likeness (QED) is 0.666. The normalized spacial score (nSPS) is 12.2. The van der Waals surface area contributed by atoms with Crippen LogP contribution in [0.5, 0.6) is 5.75 Å². The summed E-state index contributed by atoms with van der Waals surface area (Å²) in [5.41, 5.74) is 5.97. The van der Waals surface area contributed by atoms with Crippen molar-refractivity contribution < 1.29 is 4.74 Å². The Labute approximate surface area is 118 Å². The summed E-state index contributed by atoms with van der Waals surface area (Å²) in [5.74, 6) is 6.51. The van der Waals surface area contributed by atoms with E-state index in [1.54, 1.807) is 7.11 Å². The SMILES string of the molecule is COc1ccc(C)cc1C(NN)c1cccc(Cl)c1. The Morgan fingerprint density at radius 1 is 1.21 bits per heavy atom. The summed E-state index contributed by atoms with van der Waals surface area (Å²) >= 11 is 6.04. The average molecular weight is 277 g/mol. The zero-order valence-corrected chi connectivity index (χ0v) is 11.7. The summed E-state index contributed by atoms with van der Waals surface area (Å²) in [6, 6.07) is 13.5. The molecule has 0 aliphatic rings. The van der Waals surface area contributed by atoms with Gasteiger partial charge >= 0.3 is 0 Å². The maximum absolute atomic E-state index is 6.04. The van der Waals surface area contributed by atoms with Gasteiger partial charge in [0.05, 0.1) is 13.2 Å². The molecule has 2 rings (SSSR count). The van der Waals surface area contributed by atoms with E-state index in [-0.39, 0.29) is 6.04 Å². The molecule has 1 unspecified atom stereocenters. The lowest BCUT2D eigenvalue weighted by molar-refractivity contribution is 0.404. The van der Waals surface area contributed by atoms with E-state index < -0.39 is 0 Å². The lowest BCUT2D eigenvalue weighted by atomic mass is 9.97. The van der Waals surface area contributed by atoms with Gasteiger partial charge in [0.2, 0.25) is 0 Å². The van der Waals surface area contributed by atoms with Crippen molar-refractivity contribution >= 4 is 11.6 Å². The summed E-state index contributed by atoms with van der Waals surface area (Å²) in [6.07, 6.45) is 0. The molecule has 0 fully saturated rings. The van der Waals surface area contributed by atoms with Crippen molar-refractivity contribution in [1.82, 2.24) is 5.43 Å². The van der Waals surface area contributed by atoms with E-state index in [0.717, 1.165) is 22.4 Å². The van der Waals surface area contributed by atoms with Crippen LogP contribution < -0.4 is 16.0 Å². The minimum atomic E-state index is -0.159. The third kappa shape index (κ3) is 3.07. The Hall–Kier alpha value is -1.55. The molecular formula is C15H17ClN2O.